The zero-order chi connectivity index (χ0) is 12.2. The van der Waals surface area contributed by atoms with E-state index < -0.39 is 5.67 Å². The van der Waals surface area contributed by atoms with Crippen molar-refractivity contribution in [1.82, 2.24) is 0 Å². The lowest BCUT2D eigenvalue weighted by molar-refractivity contribution is 0.0713. The molecule has 3 bridgehead atoms. The molecule has 0 heterocycles. The van der Waals surface area contributed by atoms with Crippen LogP contribution in [0.5, 0.6) is 0 Å². The predicted octanol–water partition coefficient (Wildman–Crippen LogP) is 3.25. The molecule has 4 aliphatic carbocycles. The van der Waals surface area contributed by atoms with Gasteiger partial charge in [-0.1, -0.05) is 24.3 Å². The van der Waals surface area contributed by atoms with Crippen molar-refractivity contribution >= 4 is 0 Å². The van der Waals surface area contributed by atoms with E-state index in [4.69, 9.17) is 5.73 Å². The molecule has 2 N–H and O–H groups in total. The first-order valence-corrected chi connectivity index (χ1v) is 7.10. The van der Waals surface area contributed by atoms with Crippen LogP contribution in [0.15, 0.2) is 24.3 Å². The normalized spacial score (nSPS) is 54.8. The van der Waals surface area contributed by atoms with Crippen molar-refractivity contribution in [3.05, 3.63) is 35.4 Å². The van der Waals surface area contributed by atoms with Gasteiger partial charge in [0, 0.05) is 5.54 Å². The number of nitrogens with two attached hydrogens (primary N) is 1. The molecule has 3 saturated carbocycles. The first-order valence-electron chi connectivity index (χ1n) is 7.10. The summed E-state index contributed by atoms with van der Waals surface area (Å²) in [6.45, 7) is 0. The smallest absolute Gasteiger partial charge is 0.114 e. The van der Waals surface area contributed by atoms with Crippen LogP contribution >= 0.6 is 0 Å². The third kappa shape index (κ3) is 0.891. The second kappa shape index (κ2) is 2.53. The standard InChI is InChI=1S/C16H18FN/c17-14-5-12-10-3-1-2-4-11(10)13-6-15(18,7-14)9-16(12,13)8-14/h1-4,12-13H,5-9,18H2. The number of halogens is 1. The molecule has 1 spiro atoms. The summed E-state index contributed by atoms with van der Waals surface area (Å²) >= 11 is 0. The number of rotatable bonds is 0. The van der Waals surface area contributed by atoms with Crippen molar-refractivity contribution in [1.29, 1.82) is 0 Å². The average molecular weight is 243 g/mol. The first kappa shape index (κ1) is 9.96. The Bertz CT molecular complexity index is 519. The molecule has 94 valence electrons. The zero-order valence-electron chi connectivity index (χ0n) is 10.5. The molecule has 5 rings (SSSR count). The van der Waals surface area contributed by atoms with Crippen LogP contribution < -0.4 is 5.73 Å². The van der Waals surface area contributed by atoms with E-state index >= 15 is 0 Å². The van der Waals surface area contributed by atoms with Gasteiger partial charge in [-0.2, -0.15) is 0 Å². The van der Waals surface area contributed by atoms with Crippen molar-refractivity contribution in [3.8, 4) is 0 Å². The molecule has 0 aromatic heterocycles. The quantitative estimate of drug-likeness (QED) is 0.743. The molecule has 5 atom stereocenters. The van der Waals surface area contributed by atoms with Gasteiger partial charge in [0.1, 0.15) is 5.67 Å². The predicted molar refractivity (Wildman–Crippen MR) is 68.2 cm³/mol. The number of hydrogen-bond donors (Lipinski definition) is 1. The van der Waals surface area contributed by atoms with Crippen LogP contribution in [-0.2, 0) is 0 Å². The Balaban J connectivity index is 1.81. The van der Waals surface area contributed by atoms with Crippen LogP contribution in [0, 0.1) is 5.41 Å². The van der Waals surface area contributed by atoms with Crippen molar-refractivity contribution in [2.24, 2.45) is 11.1 Å². The van der Waals surface area contributed by atoms with Gasteiger partial charge in [0.05, 0.1) is 0 Å². The second-order valence-electron chi connectivity index (χ2n) is 7.42. The van der Waals surface area contributed by atoms with E-state index in [1.54, 1.807) is 0 Å². The summed E-state index contributed by atoms with van der Waals surface area (Å²) in [7, 11) is 0. The van der Waals surface area contributed by atoms with E-state index in [1.807, 2.05) is 0 Å². The summed E-state index contributed by atoms with van der Waals surface area (Å²) < 4.78 is 15.0. The molecule has 0 radical (unpaired) electrons. The lowest BCUT2D eigenvalue weighted by atomic mass is 9.69. The monoisotopic (exact) mass is 243 g/mol. The maximum Gasteiger partial charge on any atom is 0.114 e. The number of benzene rings is 1. The van der Waals surface area contributed by atoms with Gasteiger partial charge >= 0.3 is 0 Å². The van der Waals surface area contributed by atoms with Crippen LogP contribution in [0.1, 0.15) is 55.1 Å². The fourth-order valence-electron chi connectivity index (χ4n) is 6.25. The fourth-order valence-corrected chi connectivity index (χ4v) is 6.25. The molecule has 1 aromatic carbocycles. The molecule has 5 unspecified atom stereocenters. The third-order valence-electron chi connectivity index (χ3n) is 6.31. The van der Waals surface area contributed by atoms with Crippen molar-refractivity contribution in [2.75, 3.05) is 0 Å². The highest BCUT2D eigenvalue weighted by Crippen LogP contribution is 2.78. The van der Waals surface area contributed by atoms with Crippen molar-refractivity contribution in [3.63, 3.8) is 0 Å². The summed E-state index contributed by atoms with van der Waals surface area (Å²) in [5, 5.41) is 0. The van der Waals surface area contributed by atoms with E-state index in [0.717, 1.165) is 25.7 Å². The van der Waals surface area contributed by atoms with Gasteiger partial charge in [0.25, 0.3) is 0 Å². The molecule has 4 aliphatic rings. The maximum atomic E-state index is 15.0. The summed E-state index contributed by atoms with van der Waals surface area (Å²) in [4.78, 5) is 0. The van der Waals surface area contributed by atoms with Crippen LogP contribution in [0.3, 0.4) is 0 Å². The van der Waals surface area contributed by atoms with Crippen molar-refractivity contribution in [2.45, 2.75) is 55.1 Å². The average Bonchev–Trinajstić information content (AvgIpc) is 2.76. The zero-order valence-corrected chi connectivity index (χ0v) is 10.5. The minimum absolute atomic E-state index is 0.172. The minimum atomic E-state index is -0.972. The highest BCUT2D eigenvalue weighted by Gasteiger charge is 2.73. The third-order valence-corrected chi connectivity index (χ3v) is 6.31. The number of fused-ring (bicyclic) bond motifs is 5. The second-order valence-corrected chi connectivity index (χ2v) is 7.42. The summed E-state index contributed by atoms with van der Waals surface area (Å²) in [5.74, 6) is 0.973. The molecule has 0 saturated heterocycles. The molecule has 2 heteroatoms. The number of hydrogen-bond acceptors (Lipinski definition) is 1. The lowest BCUT2D eigenvalue weighted by Gasteiger charge is -2.38. The van der Waals surface area contributed by atoms with E-state index in [2.05, 4.69) is 24.3 Å². The Hall–Kier alpha value is -0.890. The van der Waals surface area contributed by atoms with Crippen LogP contribution in [-0.4, -0.2) is 11.2 Å². The molecular formula is C16H18FN. The van der Waals surface area contributed by atoms with Gasteiger partial charge in [0.2, 0.25) is 0 Å². The van der Waals surface area contributed by atoms with E-state index in [0.29, 0.717) is 18.3 Å². The molecule has 1 aromatic rings. The van der Waals surface area contributed by atoms with E-state index in [1.165, 1.54) is 11.1 Å². The largest absolute Gasteiger partial charge is 0.325 e. The Labute approximate surface area is 107 Å². The van der Waals surface area contributed by atoms with Crippen molar-refractivity contribution < 1.29 is 4.39 Å². The van der Waals surface area contributed by atoms with Crippen LogP contribution in [0.25, 0.3) is 0 Å². The Morgan fingerprint density at radius 2 is 1.67 bits per heavy atom. The topological polar surface area (TPSA) is 26.0 Å². The van der Waals surface area contributed by atoms with Crippen LogP contribution in [0.4, 0.5) is 4.39 Å². The highest BCUT2D eigenvalue weighted by atomic mass is 19.1. The molecular weight excluding hydrogens is 225 g/mol. The lowest BCUT2D eigenvalue weighted by Crippen LogP contribution is -2.47. The van der Waals surface area contributed by atoms with Crippen LogP contribution in [0.2, 0.25) is 0 Å². The minimum Gasteiger partial charge on any atom is -0.325 e. The van der Waals surface area contributed by atoms with Gasteiger partial charge < -0.3 is 5.73 Å². The Morgan fingerprint density at radius 1 is 1.00 bits per heavy atom. The van der Waals surface area contributed by atoms with Gasteiger partial charge in [-0.15, -0.1) is 0 Å². The Kier molecular flexibility index (Phi) is 1.40. The summed E-state index contributed by atoms with van der Waals surface area (Å²) in [5.41, 5.74) is 8.40. The Morgan fingerprint density at radius 3 is 2.39 bits per heavy atom. The molecule has 18 heavy (non-hydrogen) atoms. The molecule has 3 fully saturated rings. The molecule has 1 nitrogen and oxygen atoms in total. The maximum absolute atomic E-state index is 15.0. The number of alkyl halides is 1. The molecule has 0 aliphatic heterocycles. The highest BCUT2D eigenvalue weighted by molar-refractivity contribution is 5.49. The van der Waals surface area contributed by atoms with Gasteiger partial charge in [-0.25, -0.2) is 4.39 Å². The van der Waals surface area contributed by atoms with Gasteiger partial charge in [-0.05, 0) is 60.5 Å². The fraction of sp³-hybridized carbons (Fsp3) is 0.625. The summed E-state index contributed by atoms with van der Waals surface area (Å²) in [6, 6.07) is 8.73. The van der Waals surface area contributed by atoms with Gasteiger partial charge in [0.15, 0.2) is 0 Å². The molecule has 0 amide bonds. The SMILES string of the molecule is NC12CC3c4ccccc4C4CC(F)(C1)CC34C2. The van der Waals surface area contributed by atoms with E-state index in [-0.39, 0.29) is 11.0 Å². The first-order chi connectivity index (χ1) is 8.54. The van der Waals surface area contributed by atoms with Gasteiger partial charge in [-0.3, -0.25) is 0 Å². The van der Waals surface area contributed by atoms with E-state index in [9.17, 15) is 4.39 Å². The summed E-state index contributed by atoms with van der Waals surface area (Å²) in [6.07, 6.45) is 4.15.